The molecule has 0 spiro atoms. The third-order valence-electron chi connectivity index (χ3n) is 5.39. The van der Waals surface area contributed by atoms with Crippen molar-refractivity contribution in [3.63, 3.8) is 0 Å². The number of thiocarbonyl (C=S) groups is 1. The van der Waals surface area contributed by atoms with Crippen molar-refractivity contribution in [3.8, 4) is 5.69 Å². The number of hydrogen-bond acceptors (Lipinski definition) is 3. The second-order valence-electron chi connectivity index (χ2n) is 7.12. The molecule has 0 amide bonds. The molecule has 0 bridgehead atoms. The van der Waals surface area contributed by atoms with E-state index in [2.05, 4.69) is 70.1 Å². The van der Waals surface area contributed by atoms with Gasteiger partial charge in [-0.3, -0.25) is 4.98 Å². The normalized spacial score (nSPS) is 19.1. The van der Waals surface area contributed by atoms with Crippen LogP contribution in [-0.4, -0.2) is 37.8 Å². The third kappa shape index (κ3) is 3.30. The van der Waals surface area contributed by atoms with Gasteiger partial charge in [-0.05, 0) is 73.6 Å². The molecule has 6 heteroatoms. The van der Waals surface area contributed by atoms with E-state index in [9.17, 15) is 5.11 Å². The summed E-state index contributed by atoms with van der Waals surface area (Å²) in [5.41, 5.74) is 5.69. The molecule has 3 heterocycles. The number of nitrogens with one attached hydrogen (secondary N) is 1. The fraction of sp³-hybridized carbons (Fsp3) is 0.273. The Bertz CT molecular complexity index is 985. The van der Waals surface area contributed by atoms with Crippen LogP contribution in [0, 0.1) is 13.8 Å². The van der Waals surface area contributed by atoms with Crippen LogP contribution in [0.25, 0.3) is 5.69 Å². The SMILES string of the molecule is Cc1ccc(-n2cccc2C2C(c3ccccn3)NC(=S)N2CCO)cc1C. The minimum atomic E-state index is -0.0829. The number of β-amino-alcohol motifs (C(OH)–C–C–N with tert-alkyl or cyclic N) is 1. The second kappa shape index (κ2) is 7.73. The maximum absolute atomic E-state index is 9.62. The highest BCUT2D eigenvalue weighted by molar-refractivity contribution is 7.80. The van der Waals surface area contributed by atoms with Gasteiger partial charge in [-0.25, -0.2) is 0 Å². The van der Waals surface area contributed by atoms with Crippen LogP contribution in [0.2, 0.25) is 0 Å². The Morgan fingerprint density at radius 3 is 2.68 bits per heavy atom. The molecule has 28 heavy (non-hydrogen) atoms. The first-order valence-corrected chi connectivity index (χ1v) is 9.85. The van der Waals surface area contributed by atoms with Crippen LogP contribution in [0.1, 0.15) is 34.6 Å². The summed E-state index contributed by atoms with van der Waals surface area (Å²) in [4.78, 5) is 6.61. The van der Waals surface area contributed by atoms with Gasteiger partial charge < -0.3 is 19.9 Å². The predicted octanol–water partition coefficient (Wildman–Crippen LogP) is 3.45. The van der Waals surface area contributed by atoms with Crippen molar-refractivity contribution in [3.05, 3.63) is 83.4 Å². The van der Waals surface area contributed by atoms with E-state index in [1.807, 2.05) is 18.2 Å². The molecule has 1 fully saturated rings. The number of nitrogens with zero attached hydrogens (tertiary/aromatic N) is 3. The molecule has 1 aliphatic rings. The standard InChI is InChI=1S/C22H24N4OS/c1-15-8-9-17(14-16(15)2)25-11-5-7-19(25)21-20(18-6-3-4-10-23-18)24-22(28)26(21)12-13-27/h3-11,14,20-21,27H,12-13H2,1-2H3,(H,24,28). The summed E-state index contributed by atoms with van der Waals surface area (Å²) in [6, 6.07) is 16.4. The molecule has 0 radical (unpaired) electrons. The summed E-state index contributed by atoms with van der Waals surface area (Å²) in [6.45, 7) is 4.76. The minimum Gasteiger partial charge on any atom is -0.395 e. The number of aliphatic hydroxyl groups excluding tert-OH is 1. The molecular weight excluding hydrogens is 368 g/mol. The van der Waals surface area contributed by atoms with E-state index >= 15 is 0 Å². The predicted molar refractivity (Wildman–Crippen MR) is 114 cm³/mol. The van der Waals surface area contributed by atoms with Gasteiger partial charge in [0, 0.05) is 30.3 Å². The maximum atomic E-state index is 9.62. The zero-order valence-corrected chi connectivity index (χ0v) is 16.9. The molecule has 0 aliphatic carbocycles. The van der Waals surface area contributed by atoms with E-state index in [0.29, 0.717) is 11.7 Å². The van der Waals surface area contributed by atoms with Gasteiger partial charge in [-0.1, -0.05) is 12.1 Å². The molecule has 2 atom stereocenters. The van der Waals surface area contributed by atoms with Gasteiger partial charge in [0.15, 0.2) is 5.11 Å². The molecule has 3 aromatic rings. The van der Waals surface area contributed by atoms with Crippen molar-refractivity contribution in [2.45, 2.75) is 25.9 Å². The molecule has 2 N–H and O–H groups in total. The number of aliphatic hydroxyl groups is 1. The maximum Gasteiger partial charge on any atom is 0.170 e. The monoisotopic (exact) mass is 392 g/mol. The largest absolute Gasteiger partial charge is 0.395 e. The first-order valence-electron chi connectivity index (χ1n) is 9.44. The van der Waals surface area contributed by atoms with Crippen LogP contribution in [0.5, 0.6) is 0 Å². The smallest absolute Gasteiger partial charge is 0.170 e. The number of hydrogen-bond donors (Lipinski definition) is 2. The highest BCUT2D eigenvalue weighted by Crippen LogP contribution is 2.39. The van der Waals surface area contributed by atoms with Crippen molar-refractivity contribution in [2.24, 2.45) is 0 Å². The molecule has 5 nitrogen and oxygen atoms in total. The van der Waals surface area contributed by atoms with Crippen LogP contribution < -0.4 is 5.32 Å². The number of rotatable bonds is 5. The number of aryl methyl sites for hydroxylation is 2. The van der Waals surface area contributed by atoms with E-state index in [4.69, 9.17) is 12.2 Å². The van der Waals surface area contributed by atoms with E-state index in [-0.39, 0.29) is 18.7 Å². The third-order valence-corrected chi connectivity index (χ3v) is 5.74. The molecule has 1 aromatic carbocycles. The first-order chi connectivity index (χ1) is 13.6. The fourth-order valence-corrected chi connectivity index (χ4v) is 4.15. The van der Waals surface area contributed by atoms with Crippen LogP contribution in [-0.2, 0) is 0 Å². The van der Waals surface area contributed by atoms with Crippen molar-refractivity contribution < 1.29 is 5.11 Å². The topological polar surface area (TPSA) is 53.3 Å². The summed E-state index contributed by atoms with van der Waals surface area (Å²) < 4.78 is 2.20. The number of benzene rings is 1. The van der Waals surface area contributed by atoms with Gasteiger partial charge in [-0.15, -0.1) is 0 Å². The average molecular weight is 393 g/mol. The molecule has 1 aliphatic heterocycles. The molecular formula is C22H24N4OS. The highest BCUT2D eigenvalue weighted by atomic mass is 32.1. The number of aromatic nitrogens is 2. The van der Waals surface area contributed by atoms with Crippen LogP contribution in [0.4, 0.5) is 0 Å². The number of pyridine rings is 1. The molecule has 4 rings (SSSR count). The Balaban J connectivity index is 1.81. The van der Waals surface area contributed by atoms with Crippen LogP contribution in [0.15, 0.2) is 60.9 Å². The average Bonchev–Trinajstić information content (AvgIpc) is 3.30. The van der Waals surface area contributed by atoms with Gasteiger partial charge >= 0.3 is 0 Å². The molecule has 144 valence electrons. The molecule has 2 aromatic heterocycles. The lowest BCUT2D eigenvalue weighted by Gasteiger charge is -2.28. The quantitative estimate of drug-likeness (QED) is 0.652. The Hall–Kier alpha value is -2.70. The lowest BCUT2D eigenvalue weighted by molar-refractivity contribution is 0.220. The van der Waals surface area contributed by atoms with E-state index in [1.54, 1.807) is 6.20 Å². The van der Waals surface area contributed by atoms with Gasteiger partial charge in [-0.2, -0.15) is 0 Å². The van der Waals surface area contributed by atoms with E-state index in [1.165, 1.54) is 11.1 Å². The summed E-state index contributed by atoms with van der Waals surface area (Å²) in [7, 11) is 0. The highest BCUT2D eigenvalue weighted by Gasteiger charge is 2.40. The summed E-state index contributed by atoms with van der Waals surface area (Å²) >= 11 is 5.60. The van der Waals surface area contributed by atoms with Gasteiger partial charge in [0.25, 0.3) is 0 Å². The van der Waals surface area contributed by atoms with Crippen molar-refractivity contribution >= 4 is 17.3 Å². The van der Waals surface area contributed by atoms with Gasteiger partial charge in [0.2, 0.25) is 0 Å². The van der Waals surface area contributed by atoms with Gasteiger partial charge in [0.1, 0.15) is 0 Å². The summed E-state index contributed by atoms with van der Waals surface area (Å²) in [5.74, 6) is 0. The zero-order chi connectivity index (χ0) is 19.7. The lowest BCUT2D eigenvalue weighted by Crippen LogP contribution is -2.32. The fourth-order valence-electron chi connectivity index (χ4n) is 3.82. The van der Waals surface area contributed by atoms with Crippen LogP contribution in [0.3, 0.4) is 0 Å². The Kier molecular flexibility index (Phi) is 5.15. The second-order valence-corrected chi connectivity index (χ2v) is 7.50. The molecule has 0 saturated carbocycles. The lowest BCUT2D eigenvalue weighted by atomic mass is 10.0. The van der Waals surface area contributed by atoms with Crippen LogP contribution >= 0.6 is 12.2 Å². The van der Waals surface area contributed by atoms with E-state index in [0.717, 1.165) is 17.1 Å². The van der Waals surface area contributed by atoms with Gasteiger partial charge in [0.05, 0.1) is 24.4 Å². The molecule has 1 saturated heterocycles. The van der Waals surface area contributed by atoms with Crippen molar-refractivity contribution in [1.82, 2.24) is 19.8 Å². The van der Waals surface area contributed by atoms with Crippen molar-refractivity contribution in [1.29, 1.82) is 0 Å². The first kappa shape index (κ1) is 18.7. The Labute approximate surface area is 170 Å². The minimum absolute atomic E-state index is 0.0393. The Morgan fingerprint density at radius 1 is 1.11 bits per heavy atom. The summed E-state index contributed by atoms with van der Waals surface area (Å²) in [6.07, 6.45) is 3.88. The summed E-state index contributed by atoms with van der Waals surface area (Å²) in [5, 5.41) is 13.7. The zero-order valence-electron chi connectivity index (χ0n) is 16.0. The molecule has 2 unspecified atom stereocenters. The van der Waals surface area contributed by atoms with E-state index < -0.39 is 0 Å². The van der Waals surface area contributed by atoms with Crippen molar-refractivity contribution in [2.75, 3.05) is 13.2 Å². The Morgan fingerprint density at radius 2 is 1.96 bits per heavy atom.